The highest BCUT2D eigenvalue weighted by atomic mass is 32.2. The zero-order chi connectivity index (χ0) is 22.1. The van der Waals surface area contributed by atoms with Crippen LogP contribution >= 0.6 is 47.0 Å². The molecule has 0 saturated carbocycles. The predicted octanol–water partition coefficient (Wildman–Crippen LogP) is 1.45. The normalized spacial score (nSPS) is 22.8. The fourth-order valence-corrected chi connectivity index (χ4v) is 7.40. The van der Waals surface area contributed by atoms with Gasteiger partial charge in [-0.2, -0.15) is 47.0 Å². The van der Waals surface area contributed by atoms with Gasteiger partial charge in [0.25, 0.3) is 0 Å². The van der Waals surface area contributed by atoms with Crippen LogP contribution in [0.2, 0.25) is 0 Å². The Labute approximate surface area is 212 Å². The molecule has 0 bridgehead atoms. The molecule has 0 aliphatic carbocycles. The van der Waals surface area contributed by atoms with Crippen LogP contribution in [-0.2, 0) is 22.6 Å². The molecule has 2 aliphatic rings. The van der Waals surface area contributed by atoms with Crippen LogP contribution in [0, 0.1) is 0 Å². The van der Waals surface area contributed by atoms with Gasteiger partial charge in [-0.1, -0.05) is 24.3 Å². The van der Waals surface area contributed by atoms with Gasteiger partial charge in [-0.05, 0) is 0 Å². The summed E-state index contributed by atoms with van der Waals surface area (Å²) in [6.07, 6.45) is 0. The molecule has 0 amide bonds. The molecule has 4 nitrogen and oxygen atoms in total. The maximum Gasteiger partial charge on any atom is 0.103 e. The van der Waals surface area contributed by atoms with Gasteiger partial charge in [-0.15, -0.1) is 0 Å². The van der Waals surface area contributed by atoms with E-state index in [4.69, 9.17) is 9.47 Å². The third kappa shape index (κ3) is 12.2. The molecule has 3 rings (SSSR count). The maximum atomic E-state index is 5.67. The van der Waals surface area contributed by atoms with Crippen molar-refractivity contribution >= 4 is 47.0 Å². The first-order valence-corrected chi connectivity index (χ1v) is 16.7. The molecule has 0 radical (unpaired) electrons. The van der Waals surface area contributed by atoms with Gasteiger partial charge in [-0.3, -0.25) is 0 Å². The number of nitrogens with one attached hydrogen (secondary N) is 2. The maximum absolute atomic E-state index is 5.67. The minimum absolute atomic E-state index is 0.910. The van der Waals surface area contributed by atoms with Crippen molar-refractivity contribution in [3.8, 4) is 0 Å². The number of hydrogen-bond donors (Lipinski definition) is 2. The van der Waals surface area contributed by atoms with Crippen LogP contribution in [-0.4, -0.2) is 98.6 Å². The lowest BCUT2D eigenvalue weighted by molar-refractivity contribution is -0.909. The summed E-state index contributed by atoms with van der Waals surface area (Å²) in [4.78, 5) is 3.46. The highest BCUT2D eigenvalue weighted by molar-refractivity contribution is 7.99. The minimum atomic E-state index is 0.910. The first kappa shape index (κ1) is 27.1. The van der Waals surface area contributed by atoms with E-state index in [-0.39, 0.29) is 0 Å². The molecule has 0 atom stereocenters. The van der Waals surface area contributed by atoms with Crippen LogP contribution in [0.3, 0.4) is 0 Å². The molecule has 2 saturated heterocycles. The SMILES string of the molecule is c1cc(C[NH+]2CCSCCOCCSCC2)ccc1C[NH+]1CCSCCOCCSCC1. The smallest absolute Gasteiger partial charge is 0.103 e. The third-order valence-corrected chi connectivity index (χ3v) is 9.61. The lowest BCUT2D eigenvalue weighted by Gasteiger charge is -2.21. The molecule has 1 aromatic rings. The molecule has 0 unspecified atom stereocenters. The fourth-order valence-electron chi connectivity index (χ4n) is 3.91. The average Bonchev–Trinajstić information content (AvgIpc) is 2.79. The topological polar surface area (TPSA) is 27.3 Å². The van der Waals surface area contributed by atoms with Crippen molar-refractivity contribution in [2.75, 3.05) is 98.6 Å². The molecule has 0 spiro atoms. The molecule has 2 aliphatic heterocycles. The summed E-state index contributed by atoms with van der Waals surface area (Å²) in [7, 11) is 0. The predicted molar refractivity (Wildman–Crippen MR) is 146 cm³/mol. The van der Waals surface area contributed by atoms with Gasteiger partial charge in [0, 0.05) is 57.1 Å². The van der Waals surface area contributed by atoms with Gasteiger partial charge >= 0.3 is 0 Å². The second kappa shape index (κ2) is 17.8. The zero-order valence-electron chi connectivity index (χ0n) is 19.5. The van der Waals surface area contributed by atoms with Gasteiger partial charge in [0.05, 0.1) is 52.6 Å². The molecule has 1 aromatic carbocycles. The Kier molecular flexibility index (Phi) is 15.1. The Morgan fingerprint density at radius 2 is 0.812 bits per heavy atom. The first-order valence-electron chi connectivity index (χ1n) is 12.1. The lowest BCUT2D eigenvalue weighted by Crippen LogP contribution is -3.11. The van der Waals surface area contributed by atoms with Crippen molar-refractivity contribution in [1.29, 1.82) is 0 Å². The molecular weight excluding hydrogens is 477 g/mol. The summed E-state index contributed by atoms with van der Waals surface area (Å²) in [5, 5.41) is 0. The second-order valence-electron chi connectivity index (χ2n) is 8.34. The summed E-state index contributed by atoms with van der Waals surface area (Å²) in [6.45, 7) is 11.0. The van der Waals surface area contributed by atoms with E-state index in [2.05, 4.69) is 24.3 Å². The standard InChI is InChI=1S/C24H40N2O2S4/c1-2-24(22-26-7-15-31-19-11-28-12-20-32-16-8-26)4-3-23(1)21-25-5-13-29-17-9-27-10-18-30-14-6-25/h1-4H,5-22H2/p+2. The summed E-state index contributed by atoms with van der Waals surface area (Å²) in [6, 6.07) is 9.57. The quantitative estimate of drug-likeness (QED) is 0.627. The van der Waals surface area contributed by atoms with E-state index >= 15 is 0 Å². The Balaban J connectivity index is 1.46. The fraction of sp³-hybridized carbons (Fsp3) is 0.750. The lowest BCUT2D eigenvalue weighted by atomic mass is 10.1. The second-order valence-corrected chi connectivity index (χ2v) is 13.2. The summed E-state index contributed by atoms with van der Waals surface area (Å²) in [5.74, 6) is 9.49. The van der Waals surface area contributed by atoms with Crippen LogP contribution in [0.15, 0.2) is 24.3 Å². The number of hydrogen-bond acceptors (Lipinski definition) is 6. The van der Waals surface area contributed by atoms with Gasteiger partial charge in [0.15, 0.2) is 0 Å². The van der Waals surface area contributed by atoms with E-state index in [0.717, 1.165) is 62.5 Å². The van der Waals surface area contributed by atoms with E-state index in [1.54, 1.807) is 9.80 Å². The number of ether oxygens (including phenoxy) is 2. The zero-order valence-corrected chi connectivity index (χ0v) is 22.8. The Hall–Kier alpha value is 0.460. The Morgan fingerprint density at radius 3 is 1.12 bits per heavy atom. The first-order chi connectivity index (χ1) is 15.9. The summed E-state index contributed by atoms with van der Waals surface area (Å²) in [5.41, 5.74) is 2.98. The monoisotopic (exact) mass is 518 g/mol. The van der Waals surface area contributed by atoms with Crippen LogP contribution in [0.1, 0.15) is 11.1 Å². The van der Waals surface area contributed by atoms with E-state index in [1.165, 1.54) is 60.3 Å². The van der Waals surface area contributed by atoms with E-state index < -0.39 is 0 Å². The van der Waals surface area contributed by atoms with Gasteiger partial charge in [0.1, 0.15) is 13.1 Å². The van der Waals surface area contributed by atoms with Crippen LogP contribution in [0.25, 0.3) is 0 Å². The van der Waals surface area contributed by atoms with E-state index in [1.807, 2.05) is 47.0 Å². The minimum Gasteiger partial charge on any atom is -0.380 e. The van der Waals surface area contributed by atoms with E-state index in [0.29, 0.717) is 0 Å². The van der Waals surface area contributed by atoms with Crippen molar-refractivity contribution in [1.82, 2.24) is 0 Å². The van der Waals surface area contributed by atoms with Gasteiger partial charge < -0.3 is 19.3 Å². The Bertz CT molecular complexity index is 519. The average molecular weight is 519 g/mol. The number of thioether (sulfide) groups is 4. The molecule has 182 valence electrons. The summed E-state index contributed by atoms with van der Waals surface area (Å²) >= 11 is 8.19. The number of benzene rings is 1. The number of quaternary nitrogens is 2. The van der Waals surface area contributed by atoms with Gasteiger partial charge in [-0.25, -0.2) is 0 Å². The van der Waals surface area contributed by atoms with Crippen LogP contribution in [0.5, 0.6) is 0 Å². The largest absolute Gasteiger partial charge is 0.380 e. The Morgan fingerprint density at radius 1 is 0.500 bits per heavy atom. The van der Waals surface area contributed by atoms with Crippen molar-refractivity contribution in [3.63, 3.8) is 0 Å². The van der Waals surface area contributed by atoms with Crippen molar-refractivity contribution < 1.29 is 19.3 Å². The molecular formula is C24H42N2O2S4+2. The highest BCUT2D eigenvalue weighted by Gasteiger charge is 2.13. The van der Waals surface area contributed by atoms with Crippen LogP contribution < -0.4 is 9.80 Å². The van der Waals surface area contributed by atoms with Crippen molar-refractivity contribution in [3.05, 3.63) is 35.4 Å². The van der Waals surface area contributed by atoms with Crippen molar-refractivity contribution in [2.24, 2.45) is 0 Å². The van der Waals surface area contributed by atoms with Crippen molar-refractivity contribution in [2.45, 2.75) is 13.1 Å². The molecule has 0 aromatic heterocycles. The van der Waals surface area contributed by atoms with Crippen LogP contribution in [0.4, 0.5) is 0 Å². The highest BCUT2D eigenvalue weighted by Crippen LogP contribution is 2.06. The van der Waals surface area contributed by atoms with E-state index in [9.17, 15) is 0 Å². The molecule has 2 fully saturated rings. The molecule has 2 N–H and O–H groups in total. The number of rotatable bonds is 4. The van der Waals surface area contributed by atoms with Gasteiger partial charge in [0.2, 0.25) is 0 Å². The molecule has 2 heterocycles. The molecule has 32 heavy (non-hydrogen) atoms. The third-order valence-electron chi connectivity index (χ3n) is 5.82. The summed E-state index contributed by atoms with van der Waals surface area (Å²) < 4.78 is 11.3. The molecule has 8 heteroatoms.